The summed E-state index contributed by atoms with van der Waals surface area (Å²) in [7, 11) is 0. The van der Waals surface area contributed by atoms with E-state index in [-0.39, 0.29) is 47.8 Å². The molecule has 2 aliphatic carbocycles. The maximum Gasteiger partial charge on any atom is 0.407 e. The summed E-state index contributed by atoms with van der Waals surface area (Å²) in [6.07, 6.45) is 9.07. The summed E-state index contributed by atoms with van der Waals surface area (Å²) in [6, 6.07) is 10.4. The van der Waals surface area contributed by atoms with Crippen LogP contribution in [0.4, 0.5) is 9.18 Å². The van der Waals surface area contributed by atoms with E-state index in [1.54, 1.807) is 19.2 Å². The number of allylic oxidation sites excluding steroid dienone is 1. The lowest BCUT2D eigenvalue weighted by Crippen LogP contribution is -2.48. The van der Waals surface area contributed by atoms with Crippen LogP contribution in [-0.2, 0) is 14.3 Å². The lowest BCUT2D eigenvalue weighted by molar-refractivity contribution is -0.144. The second kappa shape index (κ2) is 10.4. The normalized spacial score (nSPS) is 31.4. The Balaban J connectivity index is 1.34. The van der Waals surface area contributed by atoms with Gasteiger partial charge in [-0.2, -0.15) is 0 Å². The third-order valence-electron chi connectivity index (χ3n) is 8.18. The number of nitrogens with zero attached hydrogens (tertiary/aromatic N) is 1. The molecule has 1 saturated heterocycles. The molecule has 1 amide bonds. The fourth-order valence-electron chi connectivity index (χ4n) is 6.64. The number of nitrogens with one attached hydrogen (secondary N) is 1. The van der Waals surface area contributed by atoms with Crippen molar-refractivity contribution in [2.24, 2.45) is 29.6 Å². The second-order valence-electron chi connectivity index (χ2n) is 10.3. The Labute approximate surface area is 211 Å². The highest BCUT2D eigenvalue weighted by Gasteiger charge is 2.54. The lowest BCUT2D eigenvalue weighted by atomic mass is 9.57. The van der Waals surface area contributed by atoms with Crippen molar-refractivity contribution in [3.05, 3.63) is 60.2 Å². The SMILES string of the molecule is CCOC(=O)N[C@@H]1CC[C@@H]2[C@@H](C1)C[C@H]1C(=O)O[C@H](C)[C@@H]1[C@H]2C=Cc1ccc(-c2cccc(F)c2)cn1. The number of benzene rings is 1. The Bertz CT molecular complexity index is 1130. The van der Waals surface area contributed by atoms with Gasteiger partial charge in [-0.1, -0.05) is 24.3 Å². The minimum Gasteiger partial charge on any atom is -0.462 e. The van der Waals surface area contributed by atoms with Crippen LogP contribution in [0.5, 0.6) is 0 Å². The van der Waals surface area contributed by atoms with Crippen molar-refractivity contribution in [2.75, 3.05) is 6.61 Å². The fraction of sp³-hybridized carbons (Fsp3) is 0.483. The number of carbonyl (C=O) groups excluding carboxylic acids is 2. The number of halogens is 1. The van der Waals surface area contributed by atoms with Crippen molar-refractivity contribution in [2.45, 2.75) is 51.7 Å². The molecule has 1 aromatic heterocycles. The number of hydrogen-bond acceptors (Lipinski definition) is 5. The first-order valence-corrected chi connectivity index (χ1v) is 13.0. The minimum atomic E-state index is -0.368. The van der Waals surface area contributed by atoms with E-state index in [4.69, 9.17) is 9.47 Å². The molecule has 0 unspecified atom stereocenters. The van der Waals surface area contributed by atoms with Crippen LogP contribution in [0.2, 0.25) is 0 Å². The molecule has 2 heterocycles. The molecular formula is C29H33FN2O4. The van der Waals surface area contributed by atoms with Gasteiger partial charge in [-0.3, -0.25) is 9.78 Å². The van der Waals surface area contributed by atoms with E-state index in [9.17, 15) is 14.0 Å². The Morgan fingerprint density at radius 2 is 2.08 bits per heavy atom. The van der Waals surface area contributed by atoms with Crippen molar-refractivity contribution in [3.8, 4) is 11.1 Å². The Morgan fingerprint density at radius 3 is 2.83 bits per heavy atom. The van der Waals surface area contributed by atoms with Crippen LogP contribution in [-0.4, -0.2) is 35.8 Å². The van der Waals surface area contributed by atoms with Gasteiger partial charge in [0.2, 0.25) is 0 Å². The summed E-state index contributed by atoms with van der Waals surface area (Å²) in [5, 5.41) is 3.00. The van der Waals surface area contributed by atoms with Gasteiger partial charge in [0.05, 0.1) is 18.2 Å². The molecule has 6 nitrogen and oxygen atoms in total. The number of pyridine rings is 1. The first-order valence-electron chi connectivity index (χ1n) is 13.0. The third kappa shape index (κ3) is 5.01. The smallest absolute Gasteiger partial charge is 0.407 e. The number of carbonyl (C=O) groups is 2. The van der Waals surface area contributed by atoms with Gasteiger partial charge in [0.15, 0.2) is 0 Å². The van der Waals surface area contributed by atoms with Crippen molar-refractivity contribution < 1.29 is 23.5 Å². The van der Waals surface area contributed by atoms with Crippen LogP contribution in [0.1, 0.15) is 45.2 Å². The number of alkyl carbamates (subject to hydrolysis) is 1. The Morgan fingerprint density at radius 1 is 1.22 bits per heavy atom. The first-order chi connectivity index (χ1) is 17.4. The van der Waals surface area contributed by atoms with Crippen LogP contribution >= 0.6 is 0 Å². The largest absolute Gasteiger partial charge is 0.462 e. The van der Waals surface area contributed by atoms with E-state index in [0.717, 1.165) is 42.5 Å². The summed E-state index contributed by atoms with van der Waals surface area (Å²) in [5.41, 5.74) is 2.48. The van der Waals surface area contributed by atoms with E-state index in [2.05, 4.69) is 16.4 Å². The van der Waals surface area contributed by atoms with Gasteiger partial charge in [-0.15, -0.1) is 0 Å². The number of esters is 1. The maximum absolute atomic E-state index is 13.6. The zero-order valence-corrected chi connectivity index (χ0v) is 20.7. The van der Waals surface area contributed by atoms with E-state index >= 15 is 0 Å². The monoisotopic (exact) mass is 492 g/mol. The van der Waals surface area contributed by atoms with Gasteiger partial charge < -0.3 is 14.8 Å². The topological polar surface area (TPSA) is 77.5 Å². The van der Waals surface area contributed by atoms with Gasteiger partial charge >= 0.3 is 12.1 Å². The summed E-state index contributed by atoms with van der Waals surface area (Å²) in [4.78, 5) is 29.2. The van der Waals surface area contributed by atoms with Gasteiger partial charge in [0.25, 0.3) is 0 Å². The number of ether oxygens (including phenoxy) is 2. The number of aromatic nitrogens is 1. The van der Waals surface area contributed by atoms with E-state index < -0.39 is 0 Å². The molecule has 0 radical (unpaired) electrons. The molecule has 7 heteroatoms. The molecule has 3 aliphatic rings. The van der Waals surface area contributed by atoms with E-state index in [1.807, 2.05) is 31.2 Å². The minimum absolute atomic E-state index is 0.0679. The number of amides is 1. The Hall–Kier alpha value is -3.22. The molecule has 1 aliphatic heterocycles. The van der Waals surface area contributed by atoms with E-state index in [1.165, 1.54) is 12.1 Å². The van der Waals surface area contributed by atoms with Crippen molar-refractivity contribution >= 4 is 18.1 Å². The molecule has 3 fully saturated rings. The van der Waals surface area contributed by atoms with Gasteiger partial charge in [-0.05, 0) is 87.1 Å². The molecule has 0 bridgehead atoms. The van der Waals surface area contributed by atoms with Crippen LogP contribution < -0.4 is 5.32 Å². The quantitative estimate of drug-likeness (QED) is 0.548. The number of fused-ring (bicyclic) bond motifs is 2. The van der Waals surface area contributed by atoms with Crippen molar-refractivity contribution in [3.63, 3.8) is 0 Å². The summed E-state index contributed by atoms with van der Waals surface area (Å²) in [5.74, 6) is 0.629. The first kappa shape index (κ1) is 24.5. The van der Waals surface area contributed by atoms with E-state index in [0.29, 0.717) is 18.4 Å². The molecule has 1 aromatic carbocycles. The van der Waals surface area contributed by atoms with Crippen LogP contribution in [0.15, 0.2) is 48.7 Å². The zero-order valence-electron chi connectivity index (χ0n) is 20.7. The molecule has 2 aromatic rings. The molecule has 190 valence electrons. The Kier molecular flexibility index (Phi) is 7.08. The maximum atomic E-state index is 13.6. The number of rotatable bonds is 5. The molecular weight excluding hydrogens is 459 g/mol. The predicted molar refractivity (Wildman–Crippen MR) is 134 cm³/mol. The predicted octanol–water partition coefficient (Wildman–Crippen LogP) is 5.63. The average Bonchev–Trinajstić information content (AvgIpc) is 3.15. The zero-order chi connectivity index (χ0) is 25.2. The third-order valence-corrected chi connectivity index (χ3v) is 8.18. The number of cyclic esters (lactones) is 1. The highest BCUT2D eigenvalue weighted by atomic mass is 19.1. The van der Waals surface area contributed by atoms with Crippen molar-refractivity contribution in [1.82, 2.24) is 10.3 Å². The van der Waals surface area contributed by atoms with Gasteiger partial charge in [-0.25, -0.2) is 9.18 Å². The van der Waals surface area contributed by atoms with Crippen LogP contribution in [0.3, 0.4) is 0 Å². The molecule has 7 atom stereocenters. The molecule has 2 saturated carbocycles. The molecule has 0 spiro atoms. The molecule has 5 rings (SSSR count). The fourth-order valence-corrected chi connectivity index (χ4v) is 6.64. The van der Waals surface area contributed by atoms with Gasteiger partial charge in [0.1, 0.15) is 11.9 Å². The second-order valence-corrected chi connectivity index (χ2v) is 10.3. The van der Waals surface area contributed by atoms with Crippen LogP contribution in [0, 0.1) is 35.4 Å². The van der Waals surface area contributed by atoms with Gasteiger partial charge in [0, 0.05) is 23.7 Å². The lowest BCUT2D eigenvalue weighted by Gasteiger charge is -2.47. The average molecular weight is 493 g/mol. The molecule has 1 N–H and O–H groups in total. The standard InChI is InChI=1S/C29H33FN2O4/c1-3-35-29(34)32-23-10-11-24-20(14-23)15-26-27(17(2)36-28(26)33)25(24)12-9-22-8-7-19(16-31-22)18-5-4-6-21(30)13-18/h4-9,12-13,16-17,20,23-27H,3,10-11,14-15H2,1-2H3,(H,32,34)/t17-,20+,23-,24-,25+,26-,27-/m1/s1. The summed E-state index contributed by atoms with van der Waals surface area (Å²) in [6.45, 7) is 4.15. The molecule has 36 heavy (non-hydrogen) atoms. The van der Waals surface area contributed by atoms with Crippen LogP contribution in [0.25, 0.3) is 17.2 Å². The highest BCUT2D eigenvalue weighted by Crippen LogP contribution is 2.53. The summed E-state index contributed by atoms with van der Waals surface area (Å²) >= 11 is 0. The summed E-state index contributed by atoms with van der Waals surface area (Å²) < 4.78 is 24.3. The highest BCUT2D eigenvalue weighted by molar-refractivity contribution is 5.75. The van der Waals surface area contributed by atoms with Crippen molar-refractivity contribution in [1.29, 1.82) is 0 Å². The number of hydrogen-bond donors (Lipinski definition) is 1.